The number of nitrogens with one attached hydrogen (secondary N) is 1. The highest BCUT2D eigenvalue weighted by atomic mass is 127. The number of anilines is 1. The molecule has 1 aliphatic rings. The first-order chi connectivity index (χ1) is 13.0. The number of halogens is 3. The van der Waals surface area contributed by atoms with Gasteiger partial charge in [-0.3, -0.25) is 9.48 Å². The van der Waals surface area contributed by atoms with Crippen molar-refractivity contribution in [3.05, 3.63) is 47.0 Å². The molecule has 0 atom stereocenters. The molecule has 1 aromatic carbocycles. The number of carbonyl (C=O) groups is 1. The first-order valence-electron chi connectivity index (χ1n) is 8.74. The van der Waals surface area contributed by atoms with Crippen molar-refractivity contribution in [2.45, 2.75) is 13.5 Å². The average molecular weight is 521 g/mol. The van der Waals surface area contributed by atoms with Gasteiger partial charge < -0.3 is 15.1 Å². The number of aromatic nitrogens is 2. The first-order valence-corrected chi connectivity index (χ1v) is 9.12. The van der Waals surface area contributed by atoms with Gasteiger partial charge in [0.15, 0.2) is 5.96 Å². The summed E-state index contributed by atoms with van der Waals surface area (Å²) in [6, 6.07) is 4.55. The SMILES string of the molecule is CCNC(=NCc1ccc(F)c(Cl)c1)N1CCN(c2cnn(C)c2)C(=O)C1.I. The normalized spacial score (nSPS) is 14.9. The Morgan fingerprint density at radius 3 is 2.79 bits per heavy atom. The molecule has 0 radical (unpaired) electrons. The summed E-state index contributed by atoms with van der Waals surface area (Å²) in [4.78, 5) is 20.8. The highest BCUT2D eigenvalue weighted by Crippen LogP contribution is 2.18. The monoisotopic (exact) mass is 520 g/mol. The first kappa shape index (κ1) is 22.4. The third-order valence-corrected chi connectivity index (χ3v) is 4.54. The molecule has 0 aliphatic carbocycles. The molecule has 152 valence electrons. The molecular weight excluding hydrogens is 498 g/mol. The standard InChI is InChI=1S/C18H22ClFN6O.HI/c1-3-21-18(22-9-13-4-5-16(20)15(19)8-13)25-6-7-26(17(27)12-25)14-10-23-24(2)11-14;/h4-5,8,10-11H,3,6-7,9,12H2,1-2H3,(H,21,22);1H. The van der Waals surface area contributed by atoms with Gasteiger partial charge in [-0.2, -0.15) is 5.10 Å². The van der Waals surface area contributed by atoms with Crippen LogP contribution in [0.5, 0.6) is 0 Å². The van der Waals surface area contributed by atoms with Gasteiger partial charge in [0.2, 0.25) is 5.91 Å². The predicted molar refractivity (Wildman–Crippen MR) is 119 cm³/mol. The lowest BCUT2D eigenvalue weighted by Crippen LogP contribution is -2.55. The van der Waals surface area contributed by atoms with Crippen LogP contribution in [0.25, 0.3) is 0 Å². The molecule has 28 heavy (non-hydrogen) atoms. The van der Waals surface area contributed by atoms with E-state index in [0.29, 0.717) is 32.1 Å². The topological polar surface area (TPSA) is 65.8 Å². The van der Waals surface area contributed by atoms with Crippen LogP contribution in [0.15, 0.2) is 35.6 Å². The Labute approximate surface area is 185 Å². The number of hydrogen-bond donors (Lipinski definition) is 1. The van der Waals surface area contributed by atoms with Gasteiger partial charge in [-0.05, 0) is 24.6 Å². The molecule has 0 unspecified atom stereocenters. The highest BCUT2D eigenvalue weighted by molar-refractivity contribution is 14.0. The van der Waals surface area contributed by atoms with E-state index in [-0.39, 0.29) is 41.5 Å². The zero-order valence-corrected chi connectivity index (χ0v) is 18.8. The van der Waals surface area contributed by atoms with Crippen molar-refractivity contribution in [3.8, 4) is 0 Å². The minimum atomic E-state index is -0.451. The molecule has 2 heterocycles. The zero-order valence-electron chi connectivity index (χ0n) is 15.7. The minimum absolute atomic E-state index is 0. The molecule has 1 N–H and O–H groups in total. The minimum Gasteiger partial charge on any atom is -0.356 e. The van der Waals surface area contributed by atoms with Crippen molar-refractivity contribution in [3.63, 3.8) is 0 Å². The van der Waals surface area contributed by atoms with Gasteiger partial charge in [0.1, 0.15) is 12.4 Å². The van der Waals surface area contributed by atoms with Crippen molar-refractivity contribution < 1.29 is 9.18 Å². The van der Waals surface area contributed by atoms with E-state index in [1.54, 1.807) is 27.9 Å². The van der Waals surface area contributed by atoms with Crippen LogP contribution in [-0.4, -0.2) is 52.7 Å². The maximum atomic E-state index is 13.3. The third-order valence-electron chi connectivity index (χ3n) is 4.25. The summed E-state index contributed by atoms with van der Waals surface area (Å²) in [5.41, 5.74) is 1.60. The molecule has 1 amide bonds. The molecule has 0 bridgehead atoms. The molecule has 10 heteroatoms. The Morgan fingerprint density at radius 2 is 2.18 bits per heavy atom. The van der Waals surface area contributed by atoms with Gasteiger partial charge in [-0.15, -0.1) is 24.0 Å². The smallest absolute Gasteiger partial charge is 0.246 e. The summed E-state index contributed by atoms with van der Waals surface area (Å²) in [5.74, 6) is 0.190. The van der Waals surface area contributed by atoms with E-state index < -0.39 is 5.82 Å². The fourth-order valence-corrected chi connectivity index (χ4v) is 3.11. The number of aryl methyl sites for hydroxylation is 1. The second-order valence-electron chi connectivity index (χ2n) is 6.26. The second-order valence-corrected chi connectivity index (χ2v) is 6.66. The van der Waals surface area contributed by atoms with Gasteiger partial charge in [-0.25, -0.2) is 9.38 Å². The number of amides is 1. The van der Waals surface area contributed by atoms with Crippen molar-refractivity contribution in [2.24, 2.45) is 12.0 Å². The van der Waals surface area contributed by atoms with Crippen molar-refractivity contribution >= 4 is 53.1 Å². The fourth-order valence-electron chi connectivity index (χ4n) is 2.90. The van der Waals surface area contributed by atoms with Gasteiger partial charge >= 0.3 is 0 Å². The molecule has 0 saturated carbocycles. The Hall–Kier alpha value is -1.88. The van der Waals surface area contributed by atoms with E-state index in [1.807, 2.05) is 25.1 Å². The van der Waals surface area contributed by atoms with Crippen LogP contribution in [0, 0.1) is 5.82 Å². The van der Waals surface area contributed by atoms with Crippen LogP contribution < -0.4 is 10.2 Å². The van der Waals surface area contributed by atoms with Crippen molar-refractivity contribution in [1.29, 1.82) is 0 Å². The molecule has 1 aliphatic heterocycles. The number of guanidine groups is 1. The molecule has 0 spiro atoms. The zero-order chi connectivity index (χ0) is 19.4. The number of aliphatic imine (C=N–C) groups is 1. The van der Waals surface area contributed by atoms with Crippen LogP contribution in [0.4, 0.5) is 10.1 Å². The molecule has 1 fully saturated rings. The summed E-state index contributed by atoms with van der Waals surface area (Å²) in [5, 5.41) is 7.41. The Morgan fingerprint density at radius 1 is 1.39 bits per heavy atom. The van der Waals surface area contributed by atoms with Crippen LogP contribution in [0.2, 0.25) is 5.02 Å². The third kappa shape index (κ3) is 5.34. The summed E-state index contributed by atoms with van der Waals surface area (Å²) in [6.07, 6.45) is 3.51. The van der Waals surface area contributed by atoms with Crippen LogP contribution >= 0.6 is 35.6 Å². The van der Waals surface area contributed by atoms with E-state index in [2.05, 4.69) is 15.4 Å². The number of carbonyl (C=O) groups excluding carboxylic acids is 1. The van der Waals surface area contributed by atoms with Crippen LogP contribution in [0.1, 0.15) is 12.5 Å². The molecule has 7 nitrogen and oxygen atoms in total. The number of benzene rings is 1. The Kier molecular flexibility index (Phi) is 8.05. The maximum Gasteiger partial charge on any atom is 0.246 e. The highest BCUT2D eigenvalue weighted by Gasteiger charge is 2.27. The maximum absolute atomic E-state index is 13.3. The molecule has 1 aromatic heterocycles. The van der Waals surface area contributed by atoms with Gasteiger partial charge in [0.05, 0.1) is 23.5 Å². The number of piperazine rings is 1. The number of nitrogens with zero attached hydrogens (tertiary/aromatic N) is 5. The molecule has 2 aromatic rings. The summed E-state index contributed by atoms with van der Waals surface area (Å²) < 4.78 is 15.0. The predicted octanol–water partition coefficient (Wildman–Crippen LogP) is 2.64. The summed E-state index contributed by atoms with van der Waals surface area (Å²) >= 11 is 5.83. The second kappa shape index (κ2) is 10.1. The van der Waals surface area contributed by atoms with E-state index in [1.165, 1.54) is 6.07 Å². The van der Waals surface area contributed by atoms with Gasteiger partial charge in [-0.1, -0.05) is 17.7 Å². The van der Waals surface area contributed by atoms with E-state index in [9.17, 15) is 9.18 Å². The van der Waals surface area contributed by atoms with Crippen LogP contribution in [0.3, 0.4) is 0 Å². The van der Waals surface area contributed by atoms with Crippen molar-refractivity contribution in [1.82, 2.24) is 20.0 Å². The van der Waals surface area contributed by atoms with Gasteiger partial charge in [0, 0.05) is 32.9 Å². The lowest BCUT2D eigenvalue weighted by atomic mass is 10.2. The quantitative estimate of drug-likeness (QED) is 0.383. The number of rotatable bonds is 4. The summed E-state index contributed by atoms with van der Waals surface area (Å²) in [6.45, 7) is 4.43. The largest absolute Gasteiger partial charge is 0.356 e. The van der Waals surface area contributed by atoms with E-state index in [4.69, 9.17) is 11.6 Å². The van der Waals surface area contributed by atoms with E-state index in [0.717, 1.165) is 11.3 Å². The average Bonchev–Trinajstić information content (AvgIpc) is 3.07. The molecule has 1 saturated heterocycles. The lowest BCUT2D eigenvalue weighted by molar-refractivity contribution is -0.120. The fraction of sp³-hybridized carbons (Fsp3) is 0.389. The molecule has 3 rings (SSSR count). The summed E-state index contributed by atoms with van der Waals surface area (Å²) in [7, 11) is 1.82. The van der Waals surface area contributed by atoms with E-state index >= 15 is 0 Å². The van der Waals surface area contributed by atoms with Gasteiger partial charge in [0.25, 0.3) is 0 Å². The number of hydrogen-bond acceptors (Lipinski definition) is 3. The van der Waals surface area contributed by atoms with Crippen molar-refractivity contribution in [2.75, 3.05) is 31.1 Å². The lowest BCUT2D eigenvalue weighted by Gasteiger charge is -2.35. The molecular formula is C18H23ClFIN6O. The Balaban J connectivity index is 0.00000280. The Bertz CT molecular complexity index is 858. The van der Waals surface area contributed by atoms with Crippen LogP contribution in [-0.2, 0) is 18.4 Å².